The Hall–Kier alpha value is -0.610. The van der Waals surface area contributed by atoms with Gasteiger partial charge in [0.05, 0.1) is 12.4 Å². The van der Waals surface area contributed by atoms with Gasteiger partial charge in [-0.2, -0.15) is 0 Å². The predicted octanol–water partition coefficient (Wildman–Crippen LogP) is -0.731. The van der Waals surface area contributed by atoms with E-state index in [0.29, 0.717) is 6.54 Å². The summed E-state index contributed by atoms with van der Waals surface area (Å²) in [6.07, 6.45) is 0. The maximum Gasteiger partial charge on any atom is 0.0959 e. The third kappa shape index (κ3) is 2.79. The van der Waals surface area contributed by atoms with Crippen molar-refractivity contribution in [1.82, 2.24) is 10.2 Å². The lowest BCUT2D eigenvalue weighted by molar-refractivity contribution is 0.443. The van der Waals surface area contributed by atoms with E-state index in [1.165, 1.54) is 5.84 Å². The van der Waals surface area contributed by atoms with Crippen LogP contribution in [0.5, 0.6) is 0 Å². The third-order valence-electron chi connectivity index (χ3n) is 2.05. The molecule has 1 aliphatic rings. The summed E-state index contributed by atoms with van der Waals surface area (Å²) in [5.74, 6) is 1.17. The Kier molecular flexibility index (Phi) is 4.04. The summed E-state index contributed by atoms with van der Waals surface area (Å²) in [5, 5.41) is 3.26. The minimum Gasteiger partial charge on any atom is -0.357 e. The van der Waals surface area contributed by atoms with Crippen molar-refractivity contribution in [2.75, 3.05) is 39.3 Å². The molecule has 0 aliphatic carbocycles. The van der Waals surface area contributed by atoms with E-state index in [-0.39, 0.29) is 0 Å². The summed E-state index contributed by atoms with van der Waals surface area (Å²) >= 11 is 0. The van der Waals surface area contributed by atoms with Gasteiger partial charge in [0.25, 0.3) is 0 Å². The van der Waals surface area contributed by atoms with Crippen molar-refractivity contribution in [2.45, 2.75) is 6.92 Å². The second kappa shape index (κ2) is 5.11. The van der Waals surface area contributed by atoms with Crippen molar-refractivity contribution < 1.29 is 0 Å². The average Bonchev–Trinajstić information content (AvgIpc) is 2.46. The van der Waals surface area contributed by atoms with Gasteiger partial charge in [-0.3, -0.25) is 4.99 Å². The Bertz CT molecular complexity index is 155. The van der Waals surface area contributed by atoms with Gasteiger partial charge >= 0.3 is 0 Å². The number of rotatable bonds is 5. The molecule has 0 radical (unpaired) electrons. The first-order valence-corrected chi connectivity index (χ1v) is 4.51. The molecule has 70 valence electrons. The van der Waals surface area contributed by atoms with Crippen LogP contribution in [0.4, 0.5) is 0 Å². The van der Waals surface area contributed by atoms with E-state index in [2.05, 4.69) is 22.1 Å². The van der Waals surface area contributed by atoms with Gasteiger partial charge in [-0.05, 0) is 6.92 Å². The van der Waals surface area contributed by atoms with Crippen LogP contribution in [0, 0.1) is 0 Å². The van der Waals surface area contributed by atoms with Crippen molar-refractivity contribution in [3.8, 4) is 0 Å². The number of amidine groups is 1. The highest BCUT2D eigenvalue weighted by Gasteiger charge is 2.10. The Morgan fingerprint density at radius 2 is 2.42 bits per heavy atom. The maximum atomic E-state index is 5.35. The highest BCUT2D eigenvalue weighted by Crippen LogP contribution is 1.98. The van der Waals surface area contributed by atoms with Crippen LogP contribution >= 0.6 is 0 Å². The van der Waals surface area contributed by atoms with Crippen LogP contribution in [0.15, 0.2) is 4.99 Å². The van der Waals surface area contributed by atoms with E-state index in [1.54, 1.807) is 0 Å². The Morgan fingerprint density at radius 3 is 3.00 bits per heavy atom. The third-order valence-corrected chi connectivity index (χ3v) is 2.05. The molecule has 0 spiro atoms. The molecule has 12 heavy (non-hydrogen) atoms. The summed E-state index contributed by atoms with van der Waals surface area (Å²) in [4.78, 5) is 6.60. The summed E-state index contributed by atoms with van der Waals surface area (Å²) in [5.41, 5.74) is 5.35. The van der Waals surface area contributed by atoms with Gasteiger partial charge in [0, 0.05) is 32.7 Å². The molecule has 1 heterocycles. The van der Waals surface area contributed by atoms with Gasteiger partial charge in [0.1, 0.15) is 0 Å². The van der Waals surface area contributed by atoms with Crippen LogP contribution in [-0.4, -0.2) is 50.0 Å². The zero-order chi connectivity index (χ0) is 8.81. The van der Waals surface area contributed by atoms with Gasteiger partial charge in [-0.1, -0.05) is 0 Å². The van der Waals surface area contributed by atoms with Crippen molar-refractivity contribution in [2.24, 2.45) is 10.7 Å². The first-order chi connectivity index (χ1) is 5.84. The molecule has 0 atom stereocenters. The predicted molar refractivity (Wildman–Crippen MR) is 51.5 cm³/mol. The van der Waals surface area contributed by atoms with Crippen LogP contribution in [-0.2, 0) is 0 Å². The number of hydrogen-bond donors (Lipinski definition) is 2. The Morgan fingerprint density at radius 1 is 1.58 bits per heavy atom. The van der Waals surface area contributed by atoms with Crippen LogP contribution < -0.4 is 11.1 Å². The van der Waals surface area contributed by atoms with Crippen molar-refractivity contribution in [3.05, 3.63) is 0 Å². The fourth-order valence-electron chi connectivity index (χ4n) is 1.31. The molecule has 0 unspecified atom stereocenters. The SMILES string of the molecule is CC1=NCCN1CCNCCN. The monoisotopic (exact) mass is 170 g/mol. The molecule has 1 aliphatic heterocycles. The first kappa shape index (κ1) is 9.48. The lowest BCUT2D eigenvalue weighted by Crippen LogP contribution is -2.35. The molecule has 4 heteroatoms. The molecule has 0 fully saturated rings. The number of nitrogens with one attached hydrogen (secondary N) is 1. The summed E-state index contributed by atoms with van der Waals surface area (Å²) in [6, 6.07) is 0. The summed E-state index contributed by atoms with van der Waals surface area (Å²) in [7, 11) is 0. The van der Waals surface area contributed by atoms with Gasteiger partial charge in [-0.25, -0.2) is 0 Å². The minimum absolute atomic E-state index is 0.715. The molecule has 0 saturated heterocycles. The molecule has 3 N–H and O–H groups in total. The fraction of sp³-hybridized carbons (Fsp3) is 0.875. The van der Waals surface area contributed by atoms with E-state index in [4.69, 9.17) is 5.73 Å². The summed E-state index contributed by atoms with van der Waals surface area (Å²) < 4.78 is 0. The van der Waals surface area contributed by atoms with Crippen LogP contribution in [0.1, 0.15) is 6.92 Å². The van der Waals surface area contributed by atoms with E-state index in [0.717, 1.165) is 32.7 Å². The smallest absolute Gasteiger partial charge is 0.0959 e. The molecule has 0 bridgehead atoms. The van der Waals surface area contributed by atoms with Gasteiger partial charge in [-0.15, -0.1) is 0 Å². The van der Waals surface area contributed by atoms with Crippen LogP contribution in [0.25, 0.3) is 0 Å². The second-order valence-corrected chi connectivity index (χ2v) is 2.95. The van der Waals surface area contributed by atoms with Gasteiger partial charge in [0.2, 0.25) is 0 Å². The quantitative estimate of drug-likeness (QED) is 0.535. The molecule has 0 saturated carbocycles. The van der Waals surface area contributed by atoms with Gasteiger partial charge < -0.3 is 16.0 Å². The zero-order valence-corrected chi connectivity index (χ0v) is 7.71. The number of nitrogens with two attached hydrogens (primary N) is 1. The van der Waals surface area contributed by atoms with E-state index >= 15 is 0 Å². The molecule has 0 aromatic carbocycles. The number of hydrogen-bond acceptors (Lipinski definition) is 4. The van der Waals surface area contributed by atoms with E-state index in [1.807, 2.05) is 0 Å². The summed E-state index contributed by atoms with van der Waals surface area (Å²) in [6.45, 7) is 7.78. The second-order valence-electron chi connectivity index (χ2n) is 2.95. The Balaban J connectivity index is 2.03. The van der Waals surface area contributed by atoms with Crippen molar-refractivity contribution in [3.63, 3.8) is 0 Å². The van der Waals surface area contributed by atoms with Crippen molar-refractivity contribution >= 4 is 5.84 Å². The van der Waals surface area contributed by atoms with Crippen LogP contribution in [0.2, 0.25) is 0 Å². The highest BCUT2D eigenvalue weighted by atomic mass is 15.2. The number of aliphatic imine (C=N–C) groups is 1. The molecular formula is C8H18N4. The molecular weight excluding hydrogens is 152 g/mol. The lowest BCUT2D eigenvalue weighted by Gasteiger charge is -2.17. The van der Waals surface area contributed by atoms with Crippen LogP contribution in [0.3, 0.4) is 0 Å². The lowest BCUT2D eigenvalue weighted by atomic mass is 10.4. The maximum absolute atomic E-state index is 5.35. The van der Waals surface area contributed by atoms with Crippen molar-refractivity contribution in [1.29, 1.82) is 0 Å². The fourth-order valence-corrected chi connectivity index (χ4v) is 1.31. The van der Waals surface area contributed by atoms with E-state index in [9.17, 15) is 0 Å². The van der Waals surface area contributed by atoms with E-state index < -0.39 is 0 Å². The standard InChI is InChI=1S/C8H18N4/c1-8-11-5-7-12(8)6-4-10-3-2-9/h10H,2-7,9H2,1H3. The molecule has 4 nitrogen and oxygen atoms in total. The minimum atomic E-state index is 0.715. The molecule has 0 aromatic rings. The Labute approximate surface area is 73.8 Å². The average molecular weight is 170 g/mol. The first-order valence-electron chi connectivity index (χ1n) is 4.51. The molecule has 0 aromatic heterocycles. The zero-order valence-electron chi connectivity index (χ0n) is 7.71. The van der Waals surface area contributed by atoms with Gasteiger partial charge in [0.15, 0.2) is 0 Å². The molecule has 0 amide bonds. The largest absolute Gasteiger partial charge is 0.357 e. The molecule has 1 rings (SSSR count). The highest BCUT2D eigenvalue weighted by molar-refractivity contribution is 5.81. The topological polar surface area (TPSA) is 53.6 Å². The number of nitrogens with zero attached hydrogens (tertiary/aromatic N) is 2. The normalized spacial score (nSPS) is 16.8.